The van der Waals surface area contributed by atoms with Gasteiger partial charge in [0.05, 0.1) is 0 Å². The minimum absolute atomic E-state index is 0.677. The van der Waals surface area contributed by atoms with E-state index in [9.17, 15) is 0 Å². The Morgan fingerprint density at radius 3 is 2.22 bits per heavy atom. The Morgan fingerprint density at radius 1 is 1.11 bits per heavy atom. The quantitative estimate of drug-likeness (QED) is 0.664. The van der Waals surface area contributed by atoms with Crippen LogP contribution in [0.15, 0.2) is 29.3 Å². The molecule has 1 rings (SSSR count). The van der Waals surface area contributed by atoms with E-state index < -0.39 is 0 Å². The van der Waals surface area contributed by atoms with Gasteiger partial charge in [-0.25, -0.2) is 0 Å². The highest BCUT2D eigenvalue weighted by molar-refractivity contribution is 5.80. The summed E-state index contributed by atoms with van der Waals surface area (Å²) in [7, 11) is 0. The first-order valence-corrected chi connectivity index (χ1v) is 7.06. The highest BCUT2D eigenvalue weighted by Gasteiger charge is 2.00. The van der Waals surface area contributed by atoms with Crippen LogP contribution in [0.25, 0.3) is 0 Å². The van der Waals surface area contributed by atoms with Gasteiger partial charge in [0.25, 0.3) is 0 Å². The standard InChI is InChI=1S/C16H26N2/c1-5-14(4)12-17-13-15-8-10-16(11-9-15)18(6-2)7-3/h8-11,13-14H,5-7,12H2,1-4H3/b17-13+. The zero-order valence-electron chi connectivity index (χ0n) is 12.2. The average molecular weight is 246 g/mol. The van der Waals surface area contributed by atoms with Crippen LogP contribution >= 0.6 is 0 Å². The molecule has 100 valence electrons. The van der Waals surface area contributed by atoms with Gasteiger partial charge in [0.2, 0.25) is 0 Å². The first-order valence-electron chi connectivity index (χ1n) is 7.06. The van der Waals surface area contributed by atoms with Gasteiger partial charge in [-0.3, -0.25) is 4.99 Å². The van der Waals surface area contributed by atoms with Gasteiger partial charge in [-0.15, -0.1) is 0 Å². The highest BCUT2D eigenvalue weighted by Crippen LogP contribution is 2.14. The summed E-state index contributed by atoms with van der Waals surface area (Å²) in [6.45, 7) is 11.8. The van der Waals surface area contributed by atoms with E-state index in [-0.39, 0.29) is 0 Å². The lowest BCUT2D eigenvalue weighted by Gasteiger charge is -2.20. The van der Waals surface area contributed by atoms with E-state index in [0.717, 1.165) is 19.6 Å². The number of benzene rings is 1. The lowest BCUT2D eigenvalue weighted by atomic mass is 10.1. The predicted octanol–water partition coefficient (Wildman–Crippen LogP) is 4.00. The first-order chi connectivity index (χ1) is 8.71. The van der Waals surface area contributed by atoms with E-state index in [1.54, 1.807) is 0 Å². The molecule has 18 heavy (non-hydrogen) atoms. The maximum Gasteiger partial charge on any atom is 0.0415 e. The summed E-state index contributed by atoms with van der Waals surface area (Å²) in [6.07, 6.45) is 3.18. The molecule has 0 saturated heterocycles. The number of nitrogens with zero attached hydrogens (tertiary/aromatic N) is 2. The molecular formula is C16H26N2. The van der Waals surface area contributed by atoms with Crippen molar-refractivity contribution in [1.29, 1.82) is 0 Å². The van der Waals surface area contributed by atoms with Gasteiger partial charge < -0.3 is 4.90 Å². The van der Waals surface area contributed by atoms with Crippen LogP contribution in [0.2, 0.25) is 0 Å². The molecule has 0 spiro atoms. The average Bonchev–Trinajstić information content (AvgIpc) is 2.41. The van der Waals surface area contributed by atoms with Crippen LogP contribution in [0, 0.1) is 5.92 Å². The van der Waals surface area contributed by atoms with Crippen LogP contribution in [-0.4, -0.2) is 25.8 Å². The van der Waals surface area contributed by atoms with Crippen molar-refractivity contribution in [3.63, 3.8) is 0 Å². The lowest BCUT2D eigenvalue weighted by molar-refractivity contribution is 0.578. The fourth-order valence-electron chi connectivity index (χ4n) is 1.83. The smallest absolute Gasteiger partial charge is 0.0415 e. The van der Waals surface area contributed by atoms with Crippen molar-refractivity contribution in [1.82, 2.24) is 0 Å². The van der Waals surface area contributed by atoms with Crippen molar-refractivity contribution in [2.24, 2.45) is 10.9 Å². The van der Waals surface area contributed by atoms with Crippen LogP contribution in [0.5, 0.6) is 0 Å². The van der Waals surface area contributed by atoms with Crippen LogP contribution < -0.4 is 4.90 Å². The van der Waals surface area contributed by atoms with E-state index in [0.29, 0.717) is 5.92 Å². The summed E-state index contributed by atoms with van der Waals surface area (Å²) in [5, 5.41) is 0. The molecule has 2 heteroatoms. The molecule has 1 unspecified atom stereocenters. The fraction of sp³-hybridized carbons (Fsp3) is 0.562. The molecule has 0 aliphatic rings. The molecule has 2 nitrogen and oxygen atoms in total. The third-order valence-corrected chi connectivity index (χ3v) is 3.38. The maximum atomic E-state index is 4.49. The van der Waals surface area contributed by atoms with Crippen molar-refractivity contribution < 1.29 is 0 Å². The molecule has 0 bridgehead atoms. The first kappa shape index (κ1) is 14.7. The van der Waals surface area contributed by atoms with Crippen LogP contribution in [0.4, 0.5) is 5.69 Å². The summed E-state index contributed by atoms with van der Waals surface area (Å²) in [5.41, 5.74) is 2.48. The van der Waals surface area contributed by atoms with Gasteiger partial charge in [0.1, 0.15) is 0 Å². The molecule has 1 aromatic rings. The second-order valence-corrected chi connectivity index (χ2v) is 4.77. The second kappa shape index (κ2) is 7.91. The van der Waals surface area contributed by atoms with Gasteiger partial charge >= 0.3 is 0 Å². The monoisotopic (exact) mass is 246 g/mol. The third-order valence-electron chi connectivity index (χ3n) is 3.38. The molecule has 0 aromatic heterocycles. The van der Waals surface area contributed by atoms with Gasteiger partial charge in [-0.1, -0.05) is 32.4 Å². The minimum Gasteiger partial charge on any atom is -0.372 e. The second-order valence-electron chi connectivity index (χ2n) is 4.77. The minimum atomic E-state index is 0.677. The Bertz CT molecular complexity index is 350. The summed E-state index contributed by atoms with van der Waals surface area (Å²) in [5.74, 6) is 0.677. The lowest BCUT2D eigenvalue weighted by Crippen LogP contribution is -2.21. The Balaban J connectivity index is 2.60. The fourth-order valence-corrected chi connectivity index (χ4v) is 1.83. The number of hydrogen-bond acceptors (Lipinski definition) is 2. The predicted molar refractivity (Wildman–Crippen MR) is 81.9 cm³/mol. The Kier molecular flexibility index (Phi) is 6.48. The molecule has 0 amide bonds. The van der Waals surface area contributed by atoms with E-state index >= 15 is 0 Å². The third kappa shape index (κ3) is 4.52. The Morgan fingerprint density at radius 2 is 1.72 bits per heavy atom. The molecule has 0 fully saturated rings. The van der Waals surface area contributed by atoms with Crippen LogP contribution in [-0.2, 0) is 0 Å². The van der Waals surface area contributed by atoms with Gasteiger partial charge in [0.15, 0.2) is 0 Å². The number of hydrogen-bond donors (Lipinski definition) is 0. The molecule has 1 aromatic carbocycles. The number of rotatable bonds is 7. The topological polar surface area (TPSA) is 15.6 Å². The number of anilines is 1. The molecule has 0 heterocycles. The molecule has 0 saturated carbocycles. The van der Waals surface area contributed by atoms with Gasteiger partial charge in [-0.05, 0) is 37.5 Å². The molecule has 0 N–H and O–H groups in total. The molecular weight excluding hydrogens is 220 g/mol. The molecule has 0 aliphatic heterocycles. The van der Waals surface area contributed by atoms with Gasteiger partial charge in [0, 0.05) is 31.5 Å². The zero-order valence-corrected chi connectivity index (χ0v) is 12.2. The van der Waals surface area contributed by atoms with Gasteiger partial charge in [-0.2, -0.15) is 0 Å². The summed E-state index contributed by atoms with van der Waals surface area (Å²) in [4.78, 5) is 6.84. The zero-order chi connectivity index (χ0) is 13.4. The van der Waals surface area contributed by atoms with Crippen LogP contribution in [0.1, 0.15) is 39.7 Å². The summed E-state index contributed by atoms with van der Waals surface area (Å²) in [6, 6.07) is 8.65. The van der Waals surface area contributed by atoms with Crippen molar-refractivity contribution in [3.05, 3.63) is 29.8 Å². The molecule has 0 aliphatic carbocycles. The maximum absolute atomic E-state index is 4.49. The van der Waals surface area contributed by atoms with Crippen LogP contribution in [0.3, 0.4) is 0 Å². The van der Waals surface area contributed by atoms with E-state index in [1.807, 2.05) is 6.21 Å². The Labute approximate surface area is 112 Å². The molecule has 0 radical (unpaired) electrons. The largest absolute Gasteiger partial charge is 0.372 e. The number of aliphatic imine (C=N–C) groups is 1. The van der Waals surface area contributed by atoms with Crippen molar-refractivity contribution >= 4 is 11.9 Å². The molecule has 1 atom stereocenters. The van der Waals surface area contributed by atoms with Crippen molar-refractivity contribution in [2.75, 3.05) is 24.5 Å². The van der Waals surface area contributed by atoms with E-state index in [1.165, 1.54) is 17.7 Å². The normalized spacial score (nSPS) is 12.9. The summed E-state index contributed by atoms with van der Waals surface area (Å²) < 4.78 is 0. The van der Waals surface area contributed by atoms with Crippen molar-refractivity contribution in [3.8, 4) is 0 Å². The SMILES string of the molecule is CCC(C)C/N=C/c1ccc(N(CC)CC)cc1. The van der Waals surface area contributed by atoms with E-state index in [4.69, 9.17) is 0 Å². The highest BCUT2D eigenvalue weighted by atomic mass is 15.1. The summed E-state index contributed by atoms with van der Waals surface area (Å²) >= 11 is 0. The Hall–Kier alpha value is -1.31. The van der Waals surface area contributed by atoms with Crippen molar-refractivity contribution in [2.45, 2.75) is 34.1 Å². The van der Waals surface area contributed by atoms with E-state index in [2.05, 4.69) is 61.9 Å².